The van der Waals surface area contributed by atoms with Crippen LogP contribution in [0.3, 0.4) is 0 Å². The fourth-order valence-corrected chi connectivity index (χ4v) is 1.92. The first-order valence-electron chi connectivity index (χ1n) is 5.59. The topological polar surface area (TPSA) is 40.5 Å². The van der Waals surface area contributed by atoms with Gasteiger partial charge in [-0.3, -0.25) is 0 Å². The minimum absolute atomic E-state index is 0. The van der Waals surface area contributed by atoms with E-state index in [0.717, 1.165) is 11.1 Å². The number of aromatic hydroxyl groups is 2. The minimum atomic E-state index is -0.151. The van der Waals surface area contributed by atoms with Gasteiger partial charge in [0.25, 0.3) is 0 Å². The fraction of sp³-hybridized carbons (Fsp3) is 0.200. The zero-order valence-corrected chi connectivity index (χ0v) is 11.8. The van der Waals surface area contributed by atoms with Crippen molar-refractivity contribution >= 4 is 0 Å². The molecular formula is C15H16AgO2. The van der Waals surface area contributed by atoms with Gasteiger partial charge in [-0.1, -0.05) is 38.1 Å². The zero-order chi connectivity index (χ0) is 12.5. The molecule has 2 aromatic rings. The van der Waals surface area contributed by atoms with Crippen molar-refractivity contribution in [3.05, 3.63) is 59.7 Å². The van der Waals surface area contributed by atoms with E-state index in [1.54, 1.807) is 24.3 Å². The summed E-state index contributed by atoms with van der Waals surface area (Å²) >= 11 is 0. The van der Waals surface area contributed by atoms with E-state index in [0.29, 0.717) is 0 Å². The van der Waals surface area contributed by atoms with E-state index >= 15 is 0 Å². The maximum absolute atomic E-state index is 9.30. The number of rotatable bonds is 2. The van der Waals surface area contributed by atoms with Gasteiger partial charge in [0.05, 0.1) is 0 Å². The third kappa shape index (κ3) is 2.96. The standard InChI is InChI=1S/C15H16O2.Ag/c1-15(2,11-3-7-13(16)8-4-11)12-5-9-14(17)10-6-12;/h3-10,16-17H,1-2H3;. The molecule has 0 aromatic heterocycles. The van der Waals surface area contributed by atoms with Crippen LogP contribution < -0.4 is 0 Å². The molecule has 0 saturated carbocycles. The molecule has 0 spiro atoms. The van der Waals surface area contributed by atoms with E-state index in [4.69, 9.17) is 0 Å². The van der Waals surface area contributed by atoms with E-state index < -0.39 is 0 Å². The van der Waals surface area contributed by atoms with Crippen LogP contribution in [0.15, 0.2) is 48.5 Å². The van der Waals surface area contributed by atoms with Crippen molar-refractivity contribution in [1.82, 2.24) is 0 Å². The van der Waals surface area contributed by atoms with Crippen LogP contribution in [-0.4, -0.2) is 10.2 Å². The Hall–Kier alpha value is -1.22. The van der Waals surface area contributed by atoms with Crippen LogP contribution in [0.1, 0.15) is 25.0 Å². The van der Waals surface area contributed by atoms with Gasteiger partial charge in [-0.15, -0.1) is 0 Å². The summed E-state index contributed by atoms with van der Waals surface area (Å²) in [5.74, 6) is 0.547. The molecule has 0 heterocycles. The van der Waals surface area contributed by atoms with Gasteiger partial charge >= 0.3 is 0 Å². The smallest absolute Gasteiger partial charge is 0.115 e. The summed E-state index contributed by atoms with van der Waals surface area (Å²) in [7, 11) is 0. The third-order valence-electron chi connectivity index (χ3n) is 3.18. The van der Waals surface area contributed by atoms with Crippen LogP contribution in [0.25, 0.3) is 0 Å². The summed E-state index contributed by atoms with van der Waals surface area (Å²) in [6.45, 7) is 4.23. The van der Waals surface area contributed by atoms with Crippen LogP contribution in [-0.2, 0) is 27.8 Å². The Bertz CT molecular complexity index is 454. The Kier molecular flexibility index (Phi) is 4.63. The molecule has 0 aliphatic heterocycles. The Morgan fingerprint density at radius 3 is 1.22 bits per heavy atom. The van der Waals surface area contributed by atoms with Gasteiger partial charge in [0, 0.05) is 27.8 Å². The number of phenols is 2. The first-order valence-corrected chi connectivity index (χ1v) is 5.59. The van der Waals surface area contributed by atoms with Crippen molar-refractivity contribution in [3.8, 4) is 11.5 Å². The van der Waals surface area contributed by atoms with Gasteiger partial charge in [-0.2, -0.15) is 0 Å². The fourth-order valence-electron chi connectivity index (χ4n) is 1.92. The number of hydrogen-bond donors (Lipinski definition) is 2. The summed E-state index contributed by atoms with van der Waals surface area (Å²) in [4.78, 5) is 0. The van der Waals surface area contributed by atoms with Crippen molar-refractivity contribution in [3.63, 3.8) is 0 Å². The summed E-state index contributed by atoms with van der Waals surface area (Å²) in [5.41, 5.74) is 2.10. The molecule has 0 atom stereocenters. The maximum atomic E-state index is 9.30. The number of phenolic OH excluding ortho intramolecular Hbond substituents is 2. The van der Waals surface area contributed by atoms with Crippen LogP contribution in [0, 0.1) is 0 Å². The van der Waals surface area contributed by atoms with Crippen molar-refractivity contribution in [2.45, 2.75) is 19.3 Å². The summed E-state index contributed by atoms with van der Waals surface area (Å²) in [5, 5.41) is 18.6. The van der Waals surface area contributed by atoms with E-state index in [1.807, 2.05) is 24.3 Å². The molecule has 0 fully saturated rings. The molecule has 0 unspecified atom stereocenters. The third-order valence-corrected chi connectivity index (χ3v) is 3.18. The van der Waals surface area contributed by atoms with Gasteiger partial charge < -0.3 is 10.2 Å². The molecule has 2 rings (SSSR count). The van der Waals surface area contributed by atoms with E-state index in [1.165, 1.54) is 0 Å². The average Bonchev–Trinajstić information content (AvgIpc) is 2.30. The average molecular weight is 336 g/mol. The second-order valence-electron chi connectivity index (χ2n) is 4.72. The second-order valence-corrected chi connectivity index (χ2v) is 4.72. The van der Waals surface area contributed by atoms with Crippen LogP contribution in [0.4, 0.5) is 0 Å². The summed E-state index contributed by atoms with van der Waals surface area (Å²) < 4.78 is 0. The zero-order valence-electron chi connectivity index (χ0n) is 10.3. The van der Waals surface area contributed by atoms with Crippen molar-refractivity contribution in [2.75, 3.05) is 0 Å². The molecule has 2 N–H and O–H groups in total. The largest absolute Gasteiger partial charge is 0.508 e. The molecule has 0 aliphatic rings. The molecule has 0 aliphatic carbocycles. The van der Waals surface area contributed by atoms with Gasteiger partial charge in [0.15, 0.2) is 0 Å². The van der Waals surface area contributed by atoms with Crippen LogP contribution in [0.2, 0.25) is 0 Å². The first-order chi connectivity index (χ1) is 8.00. The molecule has 0 saturated heterocycles. The quantitative estimate of drug-likeness (QED) is 0.825. The second kappa shape index (κ2) is 5.61. The van der Waals surface area contributed by atoms with Crippen molar-refractivity contribution in [2.24, 2.45) is 0 Å². The van der Waals surface area contributed by atoms with E-state index in [-0.39, 0.29) is 39.3 Å². The minimum Gasteiger partial charge on any atom is -0.508 e. The van der Waals surface area contributed by atoms with Crippen molar-refractivity contribution in [1.29, 1.82) is 0 Å². The SMILES string of the molecule is CC(C)(c1ccc(O)cc1)c1ccc(O)cc1.[Ag]. The van der Waals surface area contributed by atoms with Gasteiger partial charge in [-0.05, 0) is 35.4 Å². The normalized spacial score (nSPS) is 10.8. The number of hydrogen-bond acceptors (Lipinski definition) is 2. The van der Waals surface area contributed by atoms with Crippen LogP contribution in [0.5, 0.6) is 11.5 Å². The van der Waals surface area contributed by atoms with Crippen molar-refractivity contribution < 1.29 is 32.6 Å². The van der Waals surface area contributed by atoms with Gasteiger partial charge in [0.2, 0.25) is 0 Å². The molecule has 0 amide bonds. The van der Waals surface area contributed by atoms with E-state index in [2.05, 4.69) is 13.8 Å². The van der Waals surface area contributed by atoms with E-state index in [9.17, 15) is 10.2 Å². The molecule has 18 heavy (non-hydrogen) atoms. The van der Waals surface area contributed by atoms with Crippen LogP contribution >= 0.6 is 0 Å². The monoisotopic (exact) mass is 335 g/mol. The molecule has 99 valence electrons. The van der Waals surface area contributed by atoms with Gasteiger partial charge in [-0.25, -0.2) is 0 Å². The molecule has 2 nitrogen and oxygen atoms in total. The Balaban J connectivity index is 0.00000162. The maximum Gasteiger partial charge on any atom is 0.115 e. The first kappa shape index (κ1) is 14.8. The predicted molar refractivity (Wildman–Crippen MR) is 68.3 cm³/mol. The van der Waals surface area contributed by atoms with Gasteiger partial charge in [0.1, 0.15) is 11.5 Å². The summed E-state index contributed by atoms with van der Waals surface area (Å²) in [6.07, 6.45) is 0. The Morgan fingerprint density at radius 2 is 0.944 bits per heavy atom. The molecule has 3 heteroatoms. The molecular weight excluding hydrogens is 320 g/mol. The number of benzene rings is 2. The molecule has 2 aromatic carbocycles. The Labute approximate surface area is 123 Å². The Morgan fingerprint density at radius 1 is 0.667 bits per heavy atom. The predicted octanol–water partition coefficient (Wildman–Crippen LogP) is 3.42. The summed E-state index contributed by atoms with van der Waals surface area (Å²) in [6, 6.07) is 14.4. The molecule has 1 radical (unpaired) electrons. The molecule has 0 bridgehead atoms.